The molecule has 63 heavy (non-hydrogen) atoms. The maximum absolute atomic E-state index is 2.49. The van der Waals surface area contributed by atoms with Gasteiger partial charge in [-0.3, -0.25) is 0 Å². The molecule has 13 rings (SSSR count). The van der Waals surface area contributed by atoms with Crippen LogP contribution in [0.3, 0.4) is 0 Å². The van der Waals surface area contributed by atoms with Crippen LogP contribution in [0.25, 0.3) is 102 Å². The predicted octanol–water partition coefficient (Wildman–Crippen LogP) is 17.4. The van der Waals surface area contributed by atoms with Gasteiger partial charge in [0.15, 0.2) is 0 Å². The molecule has 0 aliphatic carbocycles. The van der Waals surface area contributed by atoms with E-state index in [2.05, 4.69) is 240 Å². The highest BCUT2D eigenvalue weighted by molar-refractivity contribution is 7.26. The lowest BCUT2D eigenvalue weighted by Gasteiger charge is -2.29. The highest BCUT2D eigenvalue weighted by Gasteiger charge is 2.22. The number of aromatic nitrogens is 1. The van der Waals surface area contributed by atoms with Crippen LogP contribution in [0.4, 0.5) is 17.1 Å². The Morgan fingerprint density at radius 3 is 1.78 bits per heavy atom. The van der Waals surface area contributed by atoms with Gasteiger partial charge >= 0.3 is 0 Å². The zero-order valence-electron chi connectivity index (χ0n) is 34.2. The molecule has 0 aliphatic rings. The second kappa shape index (κ2) is 14.3. The summed E-state index contributed by atoms with van der Waals surface area (Å²) in [5, 5.41) is 12.5. The van der Waals surface area contributed by atoms with Gasteiger partial charge in [-0.15, -0.1) is 11.3 Å². The van der Waals surface area contributed by atoms with Crippen molar-refractivity contribution in [2.75, 3.05) is 4.90 Å². The summed E-state index contributed by atoms with van der Waals surface area (Å²) in [4.78, 5) is 2.49. The van der Waals surface area contributed by atoms with Crippen LogP contribution in [0.5, 0.6) is 0 Å². The average molecular weight is 819 g/mol. The number of rotatable bonds is 6. The van der Waals surface area contributed by atoms with Crippen LogP contribution in [0.15, 0.2) is 231 Å². The molecule has 0 radical (unpaired) electrons. The van der Waals surface area contributed by atoms with Gasteiger partial charge in [0, 0.05) is 53.1 Å². The number of para-hydroxylation sites is 2. The van der Waals surface area contributed by atoms with Crippen molar-refractivity contribution >= 4 is 103 Å². The summed E-state index contributed by atoms with van der Waals surface area (Å²) < 4.78 is 5.03. The number of fused-ring (bicyclic) bond motifs is 10. The fraction of sp³-hybridized carbons (Fsp3) is 0. The van der Waals surface area contributed by atoms with Crippen molar-refractivity contribution in [3.63, 3.8) is 0 Å². The number of thiophene rings is 1. The monoisotopic (exact) mass is 818 g/mol. The molecule has 11 aromatic carbocycles. The molecule has 13 aromatic rings. The van der Waals surface area contributed by atoms with Gasteiger partial charge in [0.25, 0.3) is 0 Å². The van der Waals surface area contributed by atoms with Gasteiger partial charge in [-0.1, -0.05) is 170 Å². The van der Waals surface area contributed by atoms with Gasteiger partial charge in [0.1, 0.15) is 0 Å². The second-order valence-electron chi connectivity index (χ2n) is 16.4. The minimum absolute atomic E-state index is 1.11. The molecule has 0 saturated heterocycles. The first-order chi connectivity index (χ1) is 31.3. The van der Waals surface area contributed by atoms with E-state index in [1.807, 2.05) is 11.3 Å². The van der Waals surface area contributed by atoms with Crippen molar-refractivity contribution in [1.29, 1.82) is 0 Å². The maximum atomic E-state index is 2.49. The summed E-state index contributed by atoms with van der Waals surface area (Å²) >= 11 is 1.88. The summed E-state index contributed by atoms with van der Waals surface area (Å²) in [6, 6.07) is 84.8. The summed E-state index contributed by atoms with van der Waals surface area (Å²) in [7, 11) is 0. The zero-order valence-corrected chi connectivity index (χ0v) is 35.1. The Bertz CT molecular complexity index is 3910. The lowest BCUT2D eigenvalue weighted by atomic mass is 9.94. The zero-order chi connectivity index (χ0) is 41.4. The minimum atomic E-state index is 1.11. The Morgan fingerprint density at radius 2 is 0.952 bits per heavy atom. The molecule has 0 amide bonds. The molecule has 2 heterocycles. The summed E-state index contributed by atoms with van der Waals surface area (Å²) in [5.74, 6) is 0. The molecule has 0 N–H and O–H groups in total. The van der Waals surface area contributed by atoms with Crippen molar-refractivity contribution in [1.82, 2.24) is 4.57 Å². The van der Waals surface area contributed by atoms with E-state index in [0.29, 0.717) is 0 Å². The van der Waals surface area contributed by atoms with E-state index < -0.39 is 0 Å². The van der Waals surface area contributed by atoms with Gasteiger partial charge < -0.3 is 9.47 Å². The van der Waals surface area contributed by atoms with Gasteiger partial charge in [-0.05, 0) is 104 Å². The third-order valence-corrected chi connectivity index (χ3v) is 14.2. The number of hydrogen-bond donors (Lipinski definition) is 0. The second-order valence-corrected chi connectivity index (χ2v) is 17.5. The molecule has 0 aliphatic heterocycles. The van der Waals surface area contributed by atoms with Crippen molar-refractivity contribution in [2.24, 2.45) is 0 Å². The van der Waals surface area contributed by atoms with Crippen LogP contribution in [0.1, 0.15) is 0 Å². The van der Waals surface area contributed by atoms with E-state index in [4.69, 9.17) is 0 Å². The number of nitrogens with zero attached hydrogens (tertiary/aromatic N) is 2. The quantitative estimate of drug-likeness (QED) is 0.152. The van der Waals surface area contributed by atoms with Crippen molar-refractivity contribution in [2.45, 2.75) is 0 Å². The normalized spacial score (nSPS) is 11.8. The highest BCUT2D eigenvalue weighted by atomic mass is 32.1. The average Bonchev–Trinajstić information content (AvgIpc) is 3.90. The minimum Gasteiger partial charge on any atom is -0.309 e. The highest BCUT2D eigenvalue weighted by Crippen LogP contribution is 2.47. The third-order valence-electron chi connectivity index (χ3n) is 13.0. The lowest BCUT2D eigenvalue weighted by Crippen LogP contribution is -2.11. The van der Waals surface area contributed by atoms with E-state index >= 15 is 0 Å². The first-order valence-electron chi connectivity index (χ1n) is 21.6. The van der Waals surface area contributed by atoms with Crippen LogP contribution in [-0.4, -0.2) is 4.57 Å². The van der Waals surface area contributed by atoms with Crippen LogP contribution < -0.4 is 4.90 Å². The summed E-state index contributed by atoms with van der Waals surface area (Å²) in [6.45, 7) is 0. The van der Waals surface area contributed by atoms with Crippen LogP contribution in [0.2, 0.25) is 0 Å². The molecular formula is C60H38N2S. The predicted molar refractivity (Wildman–Crippen MR) is 272 cm³/mol. The van der Waals surface area contributed by atoms with E-state index in [1.54, 1.807) is 0 Å². The van der Waals surface area contributed by atoms with Gasteiger partial charge in [0.05, 0.1) is 22.4 Å². The Balaban J connectivity index is 1.01. The van der Waals surface area contributed by atoms with Crippen LogP contribution in [0, 0.1) is 0 Å². The SMILES string of the molecule is c1ccc(-n2c3ccccc3c3cc(-c4ccc(N(c5ccc(-c6cccc7c6sc6ccccc67)cc5)c5cc6ccccc6c6ccccc56)c5ccccc45)ccc32)cc1. The lowest BCUT2D eigenvalue weighted by molar-refractivity contribution is 1.18. The topological polar surface area (TPSA) is 8.17 Å². The summed E-state index contributed by atoms with van der Waals surface area (Å²) in [5.41, 5.74) is 11.9. The maximum Gasteiger partial charge on any atom is 0.0546 e. The molecule has 0 bridgehead atoms. The number of benzene rings is 11. The molecule has 0 atom stereocenters. The number of hydrogen-bond acceptors (Lipinski definition) is 2. The van der Waals surface area contributed by atoms with Crippen LogP contribution >= 0.6 is 11.3 Å². The largest absolute Gasteiger partial charge is 0.309 e. The molecule has 294 valence electrons. The fourth-order valence-corrected chi connectivity index (χ4v) is 11.4. The molecule has 0 fully saturated rings. The molecule has 2 aromatic heterocycles. The van der Waals surface area contributed by atoms with E-state index in [0.717, 1.165) is 22.7 Å². The van der Waals surface area contributed by atoms with Gasteiger partial charge in [-0.25, -0.2) is 0 Å². The number of anilines is 3. The van der Waals surface area contributed by atoms with Gasteiger partial charge in [-0.2, -0.15) is 0 Å². The van der Waals surface area contributed by atoms with Crippen LogP contribution in [-0.2, 0) is 0 Å². The molecular weight excluding hydrogens is 781 g/mol. The fourth-order valence-electron chi connectivity index (χ4n) is 10.1. The molecule has 3 heteroatoms. The third kappa shape index (κ3) is 5.64. The van der Waals surface area contributed by atoms with E-state index in [9.17, 15) is 0 Å². The first-order valence-corrected chi connectivity index (χ1v) is 22.4. The Hall–Kier alpha value is -7.98. The smallest absolute Gasteiger partial charge is 0.0546 e. The molecule has 0 unspecified atom stereocenters. The van der Waals surface area contributed by atoms with Crippen molar-refractivity contribution in [3.8, 4) is 27.9 Å². The molecule has 0 saturated carbocycles. The van der Waals surface area contributed by atoms with Gasteiger partial charge in [0.2, 0.25) is 0 Å². The Kier molecular flexibility index (Phi) is 8.12. The Morgan fingerprint density at radius 1 is 0.333 bits per heavy atom. The van der Waals surface area contributed by atoms with E-state index in [1.165, 1.54) is 96.5 Å². The van der Waals surface area contributed by atoms with Crippen molar-refractivity contribution in [3.05, 3.63) is 231 Å². The molecule has 2 nitrogen and oxygen atoms in total. The standard InChI is InChI=1S/C60H38N2S/c1-2-16-42(17-3-1)61-55-27-12-10-23-51(55)54-37-41(31-35-57(54)61)45-34-36-56(49-21-8-6-20-48(45)49)62(58-38-40-15-4-5-18-44(40)47-19-7-9-22-50(47)58)43-32-29-39(30-33-43)46-25-14-26-53-52-24-11-13-28-59(52)63-60(46)53/h1-38H. The Labute approximate surface area is 368 Å². The first kappa shape index (κ1) is 35.7. The molecule has 0 spiro atoms. The summed E-state index contributed by atoms with van der Waals surface area (Å²) in [6.07, 6.45) is 0. The van der Waals surface area contributed by atoms with Crippen molar-refractivity contribution < 1.29 is 0 Å². The van der Waals surface area contributed by atoms with E-state index in [-0.39, 0.29) is 0 Å².